The summed E-state index contributed by atoms with van der Waals surface area (Å²) in [4.78, 5) is 19.4. The summed E-state index contributed by atoms with van der Waals surface area (Å²) >= 11 is 4.19. The number of hydrogen-bond acceptors (Lipinski definition) is 3. The molecule has 0 bridgehead atoms. The maximum absolute atomic E-state index is 10.7. The monoisotopic (exact) mass is 331 g/mol. The molecule has 126 valence electrons. The van der Waals surface area contributed by atoms with Gasteiger partial charge >= 0.3 is 11.5 Å². The van der Waals surface area contributed by atoms with Gasteiger partial charge in [-0.1, -0.05) is 69.9 Å². The van der Waals surface area contributed by atoms with Crippen molar-refractivity contribution in [3.63, 3.8) is 0 Å². The number of hydrogen-bond donors (Lipinski definition) is 2. The van der Waals surface area contributed by atoms with Crippen LogP contribution in [0.25, 0.3) is 0 Å². The average molecular weight is 332 g/mol. The molecule has 0 radical (unpaired) electrons. The number of nitrogens with one attached hydrogen (secondary N) is 1. The first-order chi connectivity index (χ1) is 10.5. The van der Waals surface area contributed by atoms with Gasteiger partial charge in [-0.25, -0.2) is 9.59 Å². The molecule has 0 fully saturated rings. The Kier molecular flexibility index (Phi) is 17.7. The standard InChI is InChI=1S/C9H11NO2.C6H14.CHClO2/c1-10-9(11)12-7-8-5-3-2-4-6-8;1-3-5-6-4-2;2-1(3)4/h2-6H,7H2,1H3,(H,10,11);3-6H2,1-2H3;(H,3,4). The van der Waals surface area contributed by atoms with E-state index in [4.69, 9.17) is 14.6 Å². The first kappa shape index (κ1) is 22.5. The number of ether oxygens (including phenoxy) is 1. The zero-order valence-electron chi connectivity index (χ0n) is 13.5. The van der Waals surface area contributed by atoms with E-state index in [0.717, 1.165) is 5.56 Å². The summed E-state index contributed by atoms with van der Waals surface area (Å²) in [7, 11) is 1.54. The van der Waals surface area contributed by atoms with Gasteiger partial charge in [0.05, 0.1) is 0 Å². The van der Waals surface area contributed by atoms with Gasteiger partial charge in [-0.2, -0.15) is 0 Å². The third kappa shape index (κ3) is 20.6. The van der Waals surface area contributed by atoms with E-state index < -0.39 is 11.5 Å². The van der Waals surface area contributed by atoms with Gasteiger partial charge in [-0.05, 0) is 5.56 Å². The number of carbonyl (C=O) groups is 2. The number of carboxylic acid groups (broad SMARTS) is 1. The molecule has 5 nitrogen and oxygen atoms in total. The Balaban J connectivity index is 0. The molecule has 1 aromatic carbocycles. The summed E-state index contributed by atoms with van der Waals surface area (Å²) in [6.45, 7) is 4.78. The lowest BCUT2D eigenvalue weighted by Gasteiger charge is -2.02. The Labute approximate surface area is 137 Å². The number of amides is 1. The van der Waals surface area contributed by atoms with Crippen LogP contribution >= 0.6 is 11.6 Å². The number of benzene rings is 1. The van der Waals surface area contributed by atoms with Crippen LogP contribution in [0.5, 0.6) is 0 Å². The number of rotatable bonds is 5. The van der Waals surface area contributed by atoms with Gasteiger partial charge in [0.2, 0.25) is 0 Å². The van der Waals surface area contributed by atoms with Crippen LogP contribution in [0.1, 0.15) is 45.1 Å². The molecule has 1 aromatic rings. The zero-order valence-corrected chi connectivity index (χ0v) is 14.2. The normalized spacial score (nSPS) is 8.55. The molecule has 0 spiro atoms. The molecule has 1 rings (SSSR count). The van der Waals surface area contributed by atoms with E-state index in [1.54, 1.807) is 0 Å². The minimum Gasteiger partial charge on any atom is -0.469 e. The molecule has 0 saturated heterocycles. The fraction of sp³-hybridized carbons (Fsp3) is 0.500. The second kappa shape index (κ2) is 17.3. The molecular weight excluding hydrogens is 306 g/mol. The fourth-order valence-corrected chi connectivity index (χ4v) is 1.30. The first-order valence-corrected chi connectivity index (χ1v) is 7.62. The lowest BCUT2D eigenvalue weighted by atomic mass is 10.2. The number of unbranched alkanes of at least 4 members (excludes halogenated alkanes) is 3. The van der Waals surface area contributed by atoms with E-state index in [0.29, 0.717) is 6.61 Å². The lowest BCUT2D eigenvalue weighted by molar-refractivity contribution is 0.142. The van der Waals surface area contributed by atoms with E-state index in [1.807, 2.05) is 30.3 Å². The van der Waals surface area contributed by atoms with Gasteiger partial charge in [-0.15, -0.1) is 0 Å². The van der Waals surface area contributed by atoms with Gasteiger partial charge in [0, 0.05) is 18.6 Å². The molecule has 0 heterocycles. The van der Waals surface area contributed by atoms with E-state index >= 15 is 0 Å². The van der Waals surface area contributed by atoms with Crippen LogP contribution in [0, 0.1) is 0 Å². The van der Waals surface area contributed by atoms with E-state index in [1.165, 1.54) is 32.7 Å². The van der Waals surface area contributed by atoms with Gasteiger partial charge in [0.1, 0.15) is 6.61 Å². The molecule has 22 heavy (non-hydrogen) atoms. The first-order valence-electron chi connectivity index (χ1n) is 7.24. The summed E-state index contributed by atoms with van der Waals surface area (Å²) in [5.74, 6) is 0. The van der Waals surface area contributed by atoms with Crippen molar-refractivity contribution in [2.75, 3.05) is 7.05 Å². The van der Waals surface area contributed by atoms with Crippen LogP contribution in [0.2, 0.25) is 0 Å². The summed E-state index contributed by atoms with van der Waals surface area (Å²) in [5.41, 5.74) is -0.374. The van der Waals surface area contributed by atoms with Crippen molar-refractivity contribution in [1.29, 1.82) is 0 Å². The topological polar surface area (TPSA) is 75.6 Å². The molecule has 0 aliphatic heterocycles. The summed E-state index contributed by atoms with van der Waals surface area (Å²) in [5, 5.41) is 9.56. The van der Waals surface area contributed by atoms with Crippen molar-refractivity contribution >= 4 is 23.1 Å². The number of halogens is 1. The summed E-state index contributed by atoms with van der Waals surface area (Å²) < 4.78 is 4.83. The predicted molar refractivity (Wildman–Crippen MR) is 89.4 cm³/mol. The van der Waals surface area contributed by atoms with Gasteiger partial charge in [-0.3, -0.25) is 0 Å². The smallest absolute Gasteiger partial charge is 0.407 e. The van der Waals surface area contributed by atoms with Crippen LogP contribution in [-0.4, -0.2) is 23.7 Å². The summed E-state index contributed by atoms with van der Waals surface area (Å²) in [6, 6.07) is 9.54. The second-order valence-electron chi connectivity index (χ2n) is 4.27. The van der Waals surface area contributed by atoms with Gasteiger partial charge in [0.15, 0.2) is 0 Å². The van der Waals surface area contributed by atoms with Crippen molar-refractivity contribution in [2.45, 2.75) is 46.1 Å². The fourth-order valence-electron chi connectivity index (χ4n) is 1.30. The van der Waals surface area contributed by atoms with Crippen molar-refractivity contribution < 1.29 is 19.4 Å². The minimum absolute atomic E-state index is 0.320. The zero-order chi connectivity index (χ0) is 17.2. The van der Waals surface area contributed by atoms with Crippen LogP contribution < -0.4 is 5.32 Å². The Morgan fingerprint density at radius 3 is 1.95 bits per heavy atom. The van der Waals surface area contributed by atoms with Crippen LogP contribution in [-0.2, 0) is 11.3 Å². The van der Waals surface area contributed by atoms with Crippen molar-refractivity contribution in [3.8, 4) is 0 Å². The van der Waals surface area contributed by atoms with Crippen LogP contribution in [0.15, 0.2) is 30.3 Å². The molecule has 0 atom stereocenters. The number of carbonyl (C=O) groups excluding carboxylic acids is 1. The van der Waals surface area contributed by atoms with E-state index in [2.05, 4.69) is 30.8 Å². The molecule has 0 saturated carbocycles. The SMILES string of the molecule is CCCCCC.CNC(=O)OCc1ccccc1.O=C(O)Cl. The molecular formula is C16H26ClNO4. The second-order valence-corrected chi connectivity index (χ2v) is 4.60. The highest BCUT2D eigenvalue weighted by molar-refractivity contribution is 6.60. The molecule has 1 amide bonds. The highest BCUT2D eigenvalue weighted by atomic mass is 35.5. The maximum Gasteiger partial charge on any atom is 0.407 e. The Hall–Kier alpha value is -1.75. The number of alkyl carbamates (subject to hydrolysis) is 1. The Morgan fingerprint density at radius 2 is 1.59 bits per heavy atom. The van der Waals surface area contributed by atoms with Crippen molar-refractivity contribution in [3.05, 3.63) is 35.9 Å². The molecule has 6 heteroatoms. The highest BCUT2D eigenvalue weighted by Gasteiger charge is 1.96. The Morgan fingerprint density at radius 1 is 1.14 bits per heavy atom. The third-order valence-electron chi connectivity index (χ3n) is 2.37. The summed E-state index contributed by atoms with van der Waals surface area (Å²) in [6.07, 6.45) is 5.13. The van der Waals surface area contributed by atoms with Crippen LogP contribution in [0.3, 0.4) is 0 Å². The largest absolute Gasteiger partial charge is 0.469 e. The van der Waals surface area contributed by atoms with Gasteiger partial charge < -0.3 is 15.2 Å². The molecule has 2 N–H and O–H groups in total. The minimum atomic E-state index is -1.36. The molecule has 0 aliphatic rings. The third-order valence-corrected chi connectivity index (χ3v) is 2.37. The quantitative estimate of drug-likeness (QED) is 0.586. The van der Waals surface area contributed by atoms with E-state index in [9.17, 15) is 4.79 Å². The molecule has 0 unspecified atom stereocenters. The molecule has 0 aliphatic carbocycles. The van der Waals surface area contributed by atoms with E-state index in [-0.39, 0.29) is 0 Å². The molecule has 0 aromatic heterocycles. The maximum atomic E-state index is 10.7. The van der Waals surface area contributed by atoms with Crippen molar-refractivity contribution in [2.24, 2.45) is 0 Å². The lowest BCUT2D eigenvalue weighted by Crippen LogP contribution is -2.18. The van der Waals surface area contributed by atoms with Crippen LogP contribution in [0.4, 0.5) is 9.59 Å². The Bertz CT molecular complexity index is 377. The van der Waals surface area contributed by atoms with Crippen molar-refractivity contribution in [1.82, 2.24) is 5.32 Å². The predicted octanol–water partition coefficient (Wildman–Crippen LogP) is 5.03. The van der Waals surface area contributed by atoms with Gasteiger partial charge in [0.25, 0.3) is 0 Å². The highest BCUT2D eigenvalue weighted by Crippen LogP contribution is 1.99. The average Bonchev–Trinajstić information content (AvgIpc) is 2.51.